The number of hydrogen-bond donors (Lipinski definition) is 1. The largest absolute Gasteiger partial charge is 0.481 e. The second-order valence-electron chi connectivity index (χ2n) is 4.84. The third kappa shape index (κ3) is 2.38. The molecule has 0 radical (unpaired) electrons. The summed E-state index contributed by atoms with van der Waals surface area (Å²) >= 11 is 0. The molecule has 4 heterocycles. The van der Waals surface area contributed by atoms with Gasteiger partial charge in [0.25, 0.3) is 0 Å². The molecule has 0 amide bonds. The lowest BCUT2D eigenvalue weighted by Crippen LogP contribution is -1.99. The van der Waals surface area contributed by atoms with Crippen LogP contribution in [0.15, 0.2) is 59.9 Å². The number of imidazole rings is 1. The summed E-state index contributed by atoms with van der Waals surface area (Å²) in [5.74, 6) is 1.21. The molecule has 7 heteroatoms. The topological polar surface area (TPSA) is 77.5 Å². The summed E-state index contributed by atoms with van der Waals surface area (Å²) in [5, 5.41) is 3.22. The first-order chi connectivity index (χ1) is 11.3. The van der Waals surface area contributed by atoms with Crippen molar-refractivity contribution >= 4 is 17.2 Å². The summed E-state index contributed by atoms with van der Waals surface area (Å²) in [4.78, 5) is 13.0. The maximum atomic E-state index is 5.14. The van der Waals surface area contributed by atoms with Crippen LogP contribution in [0.3, 0.4) is 0 Å². The average Bonchev–Trinajstić information content (AvgIpc) is 3.25. The van der Waals surface area contributed by atoms with Crippen LogP contribution >= 0.6 is 0 Å². The quantitative estimate of drug-likeness (QED) is 0.624. The predicted molar refractivity (Wildman–Crippen MR) is 84.8 cm³/mol. The van der Waals surface area contributed by atoms with Crippen molar-refractivity contribution < 1.29 is 9.15 Å². The number of pyridine rings is 1. The number of furan rings is 1. The molecule has 0 bridgehead atoms. The van der Waals surface area contributed by atoms with E-state index < -0.39 is 0 Å². The van der Waals surface area contributed by atoms with Gasteiger partial charge in [0.1, 0.15) is 0 Å². The smallest absolute Gasteiger partial charge is 0.213 e. The van der Waals surface area contributed by atoms with Crippen LogP contribution in [-0.4, -0.2) is 26.5 Å². The van der Waals surface area contributed by atoms with Gasteiger partial charge in [-0.3, -0.25) is 4.40 Å². The first-order valence-corrected chi connectivity index (χ1v) is 6.97. The van der Waals surface area contributed by atoms with Gasteiger partial charge in [0.05, 0.1) is 43.4 Å². The number of aromatic nitrogens is 4. The van der Waals surface area contributed by atoms with E-state index in [4.69, 9.17) is 9.15 Å². The van der Waals surface area contributed by atoms with Gasteiger partial charge in [-0.05, 0) is 12.1 Å². The molecule has 0 fully saturated rings. The number of fused-ring (bicyclic) bond motifs is 1. The van der Waals surface area contributed by atoms with Crippen molar-refractivity contribution in [2.24, 2.45) is 0 Å². The molecule has 4 aromatic rings. The molecule has 1 N–H and O–H groups in total. The van der Waals surface area contributed by atoms with E-state index in [-0.39, 0.29) is 0 Å². The Labute approximate surface area is 131 Å². The zero-order valence-corrected chi connectivity index (χ0v) is 12.3. The highest BCUT2D eigenvalue weighted by atomic mass is 16.5. The second-order valence-corrected chi connectivity index (χ2v) is 4.84. The van der Waals surface area contributed by atoms with E-state index in [1.54, 1.807) is 44.3 Å². The number of nitrogens with zero attached hydrogens (tertiary/aromatic N) is 4. The number of methoxy groups -OCH3 is 1. The molecule has 4 aromatic heterocycles. The lowest BCUT2D eigenvalue weighted by Gasteiger charge is -2.07. The van der Waals surface area contributed by atoms with E-state index >= 15 is 0 Å². The molecule has 0 spiro atoms. The van der Waals surface area contributed by atoms with Crippen molar-refractivity contribution in [1.82, 2.24) is 19.4 Å². The first-order valence-electron chi connectivity index (χ1n) is 6.97. The highest BCUT2D eigenvalue weighted by Gasteiger charge is 2.11. The Kier molecular flexibility index (Phi) is 3.16. The van der Waals surface area contributed by atoms with Crippen LogP contribution in [0.4, 0.5) is 11.5 Å². The molecule has 7 nitrogen and oxygen atoms in total. The number of anilines is 2. The Morgan fingerprint density at radius 3 is 2.83 bits per heavy atom. The van der Waals surface area contributed by atoms with Crippen molar-refractivity contribution in [1.29, 1.82) is 0 Å². The van der Waals surface area contributed by atoms with Crippen LogP contribution in [0.2, 0.25) is 0 Å². The molecule has 0 aliphatic carbocycles. The number of rotatable bonds is 4. The second kappa shape index (κ2) is 5.45. The van der Waals surface area contributed by atoms with Crippen molar-refractivity contribution in [3.8, 4) is 17.1 Å². The van der Waals surface area contributed by atoms with Gasteiger partial charge in [0, 0.05) is 24.0 Å². The fourth-order valence-corrected chi connectivity index (χ4v) is 2.34. The Hall–Kier alpha value is -3.35. The molecule has 0 saturated carbocycles. The Morgan fingerprint density at radius 1 is 1.13 bits per heavy atom. The highest BCUT2D eigenvalue weighted by Crippen LogP contribution is 2.25. The number of nitrogens with one attached hydrogen (secondary N) is 1. The van der Waals surface area contributed by atoms with Crippen LogP contribution in [0, 0.1) is 0 Å². The van der Waals surface area contributed by atoms with Crippen LogP contribution in [0.25, 0.3) is 16.9 Å². The molecule has 0 atom stereocenters. The Balaban J connectivity index is 1.73. The minimum absolute atomic E-state index is 0.560. The molecule has 0 aromatic carbocycles. The van der Waals surface area contributed by atoms with E-state index in [9.17, 15) is 0 Å². The number of hydrogen-bond acceptors (Lipinski definition) is 6. The Bertz CT molecular complexity index is 929. The van der Waals surface area contributed by atoms with Gasteiger partial charge in [-0.1, -0.05) is 0 Å². The standard InChI is InChI=1S/C16H13N5O2/c1-22-14-3-2-12(8-18-14)20-15-16-19-9-13(11-4-7-23-10-11)21(16)6-5-17-15/h2-10H,1H3,(H,17,20). The molecular weight excluding hydrogens is 294 g/mol. The van der Waals surface area contributed by atoms with Gasteiger partial charge in [-0.15, -0.1) is 0 Å². The number of ether oxygens (including phenoxy) is 1. The van der Waals surface area contributed by atoms with Crippen molar-refractivity contribution in [2.75, 3.05) is 12.4 Å². The molecule has 23 heavy (non-hydrogen) atoms. The molecule has 114 valence electrons. The van der Waals surface area contributed by atoms with E-state index in [0.717, 1.165) is 22.6 Å². The fraction of sp³-hybridized carbons (Fsp3) is 0.0625. The lowest BCUT2D eigenvalue weighted by molar-refractivity contribution is 0.398. The van der Waals surface area contributed by atoms with Gasteiger partial charge in [0.2, 0.25) is 5.88 Å². The van der Waals surface area contributed by atoms with Gasteiger partial charge in [-0.2, -0.15) is 0 Å². The van der Waals surface area contributed by atoms with E-state index in [0.29, 0.717) is 11.7 Å². The highest BCUT2D eigenvalue weighted by molar-refractivity contribution is 5.73. The predicted octanol–water partition coefficient (Wildman–Crippen LogP) is 3.14. The Morgan fingerprint density at radius 2 is 2.09 bits per heavy atom. The van der Waals surface area contributed by atoms with E-state index in [2.05, 4.69) is 20.3 Å². The van der Waals surface area contributed by atoms with Crippen molar-refractivity contribution in [3.05, 3.63) is 55.5 Å². The van der Waals surface area contributed by atoms with Crippen molar-refractivity contribution in [2.45, 2.75) is 0 Å². The minimum Gasteiger partial charge on any atom is -0.481 e. The molecule has 0 aliphatic heterocycles. The molecule has 0 saturated heterocycles. The monoisotopic (exact) mass is 307 g/mol. The summed E-state index contributed by atoms with van der Waals surface area (Å²) < 4.78 is 12.2. The summed E-state index contributed by atoms with van der Waals surface area (Å²) in [7, 11) is 1.58. The third-order valence-electron chi connectivity index (χ3n) is 3.45. The molecule has 0 unspecified atom stereocenters. The van der Waals surface area contributed by atoms with Gasteiger partial charge >= 0.3 is 0 Å². The maximum Gasteiger partial charge on any atom is 0.213 e. The lowest BCUT2D eigenvalue weighted by atomic mass is 10.3. The summed E-state index contributed by atoms with van der Waals surface area (Å²) in [5.41, 5.74) is 3.42. The van der Waals surface area contributed by atoms with Crippen LogP contribution in [0.5, 0.6) is 5.88 Å². The van der Waals surface area contributed by atoms with Gasteiger partial charge in [-0.25, -0.2) is 15.0 Å². The zero-order valence-electron chi connectivity index (χ0n) is 12.3. The van der Waals surface area contributed by atoms with Crippen LogP contribution in [0.1, 0.15) is 0 Å². The van der Waals surface area contributed by atoms with E-state index in [1.165, 1.54) is 0 Å². The summed E-state index contributed by atoms with van der Waals surface area (Å²) in [6.45, 7) is 0. The minimum atomic E-state index is 0.560. The maximum absolute atomic E-state index is 5.14. The van der Waals surface area contributed by atoms with Crippen LogP contribution in [-0.2, 0) is 0 Å². The van der Waals surface area contributed by atoms with Crippen LogP contribution < -0.4 is 10.1 Å². The van der Waals surface area contributed by atoms with Crippen molar-refractivity contribution in [3.63, 3.8) is 0 Å². The van der Waals surface area contributed by atoms with E-state index in [1.807, 2.05) is 22.7 Å². The molecule has 4 rings (SSSR count). The van der Waals surface area contributed by atoms with Gasteiger partial charge in [0.15, 0.2) is 11.5 Å². The van der Waals surface area contributed by atoms with Gasteiger partial charge < -0.3 is 14.5 Å². The third-order valence-corrected chi connectivity index (χ3v) is 3.45. The zero-order chi connectivity index (χ0) is 15.6. The normalized spacial score (nSPS) is 10.8. The molecular formula is C16H13N5O2. The molecule has 0 aliphatic rings. The average molecular weight is 307 g/mol. The summed E-state index contributed by atoms with van der Waals surface area (Å²) in [6.07, 6.45) is 10.4. The first kappa shape index (κ1) is 13.3. The summed E-state index contributed by atoms with van der Waals surface area (Å²) in [6, 6.07) is 5.55. The SMILES string of the molecule is COc1ccc(Nc2nccn3c(-c4ccoc4)cnc23)cn1. The fourth-order valence-electron chi connectivity index (χ4n) is 2.34.